The molecular formula is C21H23F2N3O2. The number of hydrogen-bond acceptors (Lipinski definition) is 3. The normalized spacial score (nSPS) is 15.1. The monoisotopic (exact) mass is 387 g/mol. The van der Waals surface area contributed by atoms with Crippen molar-refractivity contribution in [3.05, 3.63) is 71.3 Å². The zero-order valence-electron chi connectivity index (χ0n) is 15.5. The zero-order valence-corrected chi connectivity index (χ0v) is 15.5. The Bertz CT molecular complexity index is 827. The highest BCUT2D eigenvalue weighted by molar-refractivity contribution is 5.94. The topological polar surface area (TPSA) is 52.7 Å². The maximum atomic E-state index is 13.6. The first kappa shape index (κ1) is 19.9. The molecule has 0 spiro atoms. The van der Waals surface area contributed by atoms with Crippen LogP contribution >= 0.6 is 0 Å². The van der Waals surface area contributed by atoms with Gasteiger partial charge in [0.05, 0.1) is 6.54 Å². The SMILES string of the molecule is O=C(CN1CCCN(C(=O)c2ccc(F)cc2)CC1)NCc1ccccc1F. The predicted molar refractivity (Wildman–Crippen MR) is 102 cm³/mol. The van der Waals surface area contributed by atoms with E-state index in [1.165, 1.54) is 30.3 Å². The highest BCUT2D eigenvalue weighted by Gasteiger charge is 2.21. The molecule has 1 fully saturated rings. The van der Waals surface area contributed by atoms with E-state index in [2.05, 4.69) is 5.32 Å². The van der Waals surface area contributed by atoms with Crippen LogP contribution in [-0.2, 0) is 11.3 Å². The maximum absolute atomic E-state index is 13.6. The lowest BCUT2D eigenvalue weighted by Crippen LogP contribution is -2.40. The van der Waals surface area contributed by atoms with Gasteiger partial charge in [0.2, 0.25) is 5.91 Å². The van der Waals surface area contributed by atoms with Crippen molar-refractivity contribution in [3.63, 3.8) is 0 Å². The van der Waals surface area contributed by atoms with Crippen LogP contribution in [0.3, 0.4) is 0 Å². The van der Waals surface area contributed by atoms with Gasteiger partial charge in [-0.3, -0.25) is 14.5 Å². The molecule has 7 heteroatoms. The number of carbonyl (C=O) groups is 2. The average Bonchev–Trinajstić information content (AvgIpc) is 2.93. The summed E-state index contributed by atoms with van der Waals surface area (Å²) in [4.78, 5) is 28.4. The van der Waals surface area contributed by atoms with Crippen molar-refractivity contribution >= 4 is 11.8 Å². The Morgan fingerprint density at radius 3 is 2.43 bits per heavy atom. The standard InChI is InChI=1S/C21H23F2N3O2/c22-18-8-6-16(7-9-18)21(28)26-11-3-10-25(12-13-26)15-20(27)24-14-17-4-1-2-5-19(17)23/h1-2,4-9H,3,10-15H2,(H,24,27). The van der Waals surface area contributed by atoms with Crippen molar-refractivity contribution in [2.45, 2.75) is 13.0 Å². The molecule has 2 aromatic carbocycles. The van der Waals surface area contributed by atoms with Gasteiger partial charge in [0.25, 0.3) is 5.91 Å². The number of rotatable bonds is 5. The molecule has 2 aromatic rings. The summed E-state index contributed by atoms with van der Waals surface area (Å²) in [6.45, 7) is 2.70. The second-order valence-electron chi connectivity index (χ2n) is 6.80. The molecule has 0 bridgehead atoms. The van der Waals surface area contributed by atoms with Gasteiger partial charge in [-0.25, -0.2) is 8.78 Å². The summed E-state index contributed by atoms with van der Waals surface area (Å²) in [7, 11) is 0. The summed E-state index contributed by atoms with van der Waals surface area (Å²) >= 11 is 0. The van der Waals surface area contributed by atoms with Gasteiger partial charge in [0.1, 0.15) is 11.6 Å². The summed E-state index contributed by atoms with van der Waals surface area (Å²) in [5.74, 6) is -1.03. The average molecular weight is 387 g/mol. The largest absolute Gasteiger partial charge is 0.351 e. The second kappa shape index (κ2) is 9.41. The molecule has 2 amide bonds. The van der Waals surface area contributed by atoms with Crippen molar-refractivity contribution < 1.29 is 18.4 Å². The van der Waals surface area contributed by atoms with Gasteiger partial charge < -0.3 is 10.2 Å². The van der Waals surface area contributed by atoms with Crippen LogP contribution in [0.15, 0.2) is 48.5 Å². The Balaban J connectivity index is 1.48. The van der Waals surface area contributed by atoms with E-state index in [-0.39, 0.29) is 36.5 Å². The molecule has 5 nitrogen and oxygen atoms in total. The summed E-state index contributed by atoms with van der Waals surface area (Å²) < 4.78 is 26.6. The lowest BCUT2D eigenvalue weighted by Gasteiger charge is -2.22. The molecule has 0 aromatic heterocycles. The van der Waals surface area contributed by atoms with Crippen LogP contribution in [0.5, 0.6) is 0 Å². The molecule has 0 saturated carbocycles. The smallest absolute Gasteiger partial charge is 0.253 e. The van der Waals surface area contributed by atoms with E-state index in [4.69, 9.17) is 0 Å². The highest BCUT2D eigenvalue weighted by Crippen LogP contribution is 2.11. The third kappa shape index (κ3) is 5.36. The van der Waals surface area contributed by atoms with Gasteiger partial charge in [0, 0.05) is 43.9 Å². The molecule has 1 N–H and O–H groups in total. The van der Waals surface area contributed by atoms with Gasteiger partial charge in [-0.05, 0) is 36.8 Å². The fourth-order valence-electron chi connectivity index (χ4n) is 3.20. The van der Waals surface area contributed by atoms with Crippen molar-refractivity contribution in [1.29, 1.82) is 0 Å². The van der Waals surface area contributed by atoms with E-state index in [1.54, 1.807) is 23.1 Å². The number of nitrogens with one attached hydrogen (secondary N) is 1. The molecule has 1 heterocycles. The van der Waals surface area contributed by atoms with Crippen LogP contribution in [0.1, 0.15) is 22.3 Å². The van der Waals surface area contributed by atoms with Gasteiger partial charge in [-0.1, -0.05) is 18.2 Å². The minimum Gasteiger partial charge on any atom is -0.351 e. The number of hydrogen-bond donors (Lipinski definition) is 1. The molecule has 28 heavy (non-hydrogen) atoms. The second-order valence-corrected chi connectivity index (χ2v) is 6.80. The molecule has 1 aliphatic rings. The van der Waals surface area contributed by atoms with Gasteiger partial charge >= 0.3 is 0 Å². The van der Waals surface area contributed by atoms with Crippen molar-refractivity contribution in [3.8, 4) is 0 Å². The molecule has 148 valence electrons. The van der Waals surface area contributed by atoms with E-state index < -0.39 is 0 Å². The highest BCUT2D eigenvalue weighted by atomic mass is 19.1. The lowest BCUT2D eigenvalue weighted by molar-refractivity contribution is -0.122. The first-order valence-electron chi connectivity index (χ1n) is 9.30. The molecule has 1 aliphatic heterocycles. The molecule has 0 atom stereocenters. The Morgan fingerprint density at radius 1 is 0.929 bits per heavy atom. The molecule has 1 saturated heterocycles. The number of halogens is 2. The van der Waals surface area contributed by atoms with Crippen LogP contribution in [-0.4, -0.2) is 54.3 Å². The number of nitrogens with zero attached hydrogens (tertiary/aromatic N) is 2. The minimum atomic E-state index is -0.375. The molecule has 0 aliphatic carbocycles. The van der Waals surface area contributed by atoms with Crippen LogP contribution < -0.4 is 5.32 Å². The number of amides is 2. The Kier molecular flexibility index (Phi) is 6.71. The summed E-state index contributed by atoms with van der Waals surface area (Å²) in [5.41, 5.74) is 0.903. The molecule has 0 unspecified atom stereocenters. The number of carbonyl (C=O) groups excluding carboxylic acids is 2. The maximum Gasteiger partial charge on any atom is 0.253 e. The Labute approximate surface area is 162 Å². The van der Waals surface area contributed by atoms with E-state index in [0.29, 0.717) is 37.3 Å². The molecule has 0 radical (unpaired) electrons. The third-order valence-electron chi connectivity index (χ3n) is 4.77. The molecular weight excluding hydrogens is 364 g/mol. The summed E-state index contributed by atoms with van der Waals surface area (Å²) in [5, 5.41) is 2.74. The van der Waals surface area contributed by atoms with Crippen LogP contribution in [0.25, 0.3) is 0 Å². The van der Waals surface area contributed by atoms with Gasteiger partial charge in [-0.2, -0.15) is 0 Å². The van der Waals surface area contributed by atoms with E-state index in [9.17, 15) is 18.4 Å². The fourth-order valence-corrected chi connectivity index (χ4v) is 3.20. The van der Waals surface area contributed by atoms with E-state index >= 15 is 0 Å². The van der Waals surface area contributed by atoms with Crippen molar-refractivity contribution in [1.82, 2.24) is 15.1 Å². The summed E-state index contributed by atoms with van der Waals surface area (Å²) in [6, 6.07) is 11.9. The molecule has 3 rings (SSSR count). The zero-order chi connectivity index (χ0) is 19.9. The summed E-state index contributed by atoms with van der Waals surface area (Å²) in [6.07, 6.45) is 0.744. The van der Waals surface area contributed by atoms with Crippen molar-refractivity contribution in [2.24, 2.45) is 0 Å². The van der Waals surface area contributed by atoms with E-state index in [1.807, 2.05) is 4.90 Å². The fraction of sp³-hybridized carbons (Fsp3) is 0.333. The van der Waals surface area contributed by atoms with Crippen LogP contribution in [0.2, 0.25) is 0 Å². The van der Waals surface area contributed by atoms with Gasteiger partial charge in [0.15, 0.2) is 0 Å². The Morgan fingerprint density at radius 2 is 1.68 bits per heavy atom. The third-order valence-corrected chi connectivity index (χ3v) is 4.77. The number of benzene rings is 2. The van der Waals surface area contributed by atoms with Gasteiger partial charge in [-0.15, -0.1) is 0 Å². The lowest BCUT2D eigenvalue weighted by atomic mass is 10.2. The van der Waals surface area contributed by atoms with E-state index in [0.717, 1.165) is 6.42 Å². The van der Waals surface area contributed by atoms with Crippen molar-refractivity contribution in [2.75, 3.05) is 32.7 Å². The predicted octanol–water partition coefficient (Wildman–Crippen LogP) is 2.43. The van der Waals surface area contributed by atoms with Crippen LogP contribution in [0.4, 0.5) is 8.78 Å². The Hall–Kier alpha value is -2.80. The first-order chi connectivity index (χ1) is 13.5. The quantitative estimate of drug-likeness (QED) is 0.857. The van der Waals surface area contributed by atoms with Crippen LogP contribution in [0, 0.1) is 11.6 Å². The minimum absolute atomic E-state index is 0.133. The first-order valence-corrected chi connectivity index (χ1v) is 9.30.